The second kappa shape index (κ2) is 10.4. The van der Waals surface area contributed by atoms with Crippen molar-refractivity contribution in [1.82, 2.24) is 19.9 Å². The smallest absolute Gasteiger partial charge is 0.214 e. The van der Waals surface area contributed by atoms with Crippen LogP contribution in [-0.4, -0.2) is 27.0 Å². The first kappa shape index (κ1) is 23.4. The van der Waals surface area contributed by atoms with Gasteiger partial charge in [0.25, 0.3) is 0 Å². The maximum Gasteiger partial charge on any atom is 0.214 e. The van der Waals surface area contributed by atoms with Gasteiger partial charge in [0.1, 0.15) is 6.61 Å². The number of nitrogens with zero attached hydrogens (tertiary/aromatic N) is 3. The summed E-state index contributed by atoms with van der Waals surface area (Å²) in [4.78, 5) is 4.03. The minimum atomic E-state index is 0.211. The summed E-state index contributed by atoms with van der Waals surface area (Å²) in [6.07, 6.45) is 3.38. The third-order valence-corrected chi connectivity index (χ3v) is 5.87. The van der Waals surface area contributed by atoms with E-state index in [1.807, 2.05) is 18.2 Å². The molecule has 2 aromatic carbocycles. The summed E-state index contributed by atoms with van der Waals surface area (Å²) < 4.78 is 13.6. The lowest BCUT2D eigenvalue weighted by atomic mass is 10.2. The van der Waals surface area contributed by atoms with Crippen molar-refractivity contribution >= 4 is 47.0 Å². The number of nitrogens with one attached hydrogen (secondary N) is 2. The second-order valence-corrected chi connectivity index (χ2v) is 8.53. The standard InChI is InChI=1S/C22H18Cl3N5O2S/c1-31-19-9-13(8-18(25)20(19)32-12-15-2-3-16(23)10-17(15)24)11-27-30-21(28-29-22(30)33)14-4-6-26-7-5-14/h2-10,27H,11-12H2,1H3,(H,29,33). The summed E-state index contributed by atoms with van der Waals surface area (Å²) in [7, 11) is 1.55. The molecule has 0 aliphatic carbocycles. The third-order valence-electron chi connectivity index (χ3n) is 4.73. The summed E-state index contributed by atoms with van der Waals surface area (Å²) in [5.41, 5.74) is 5.76. The van der Waals surface area contributed by atoms with E-state index in [2.05, 4.69) is 20.6 Å². The molecule has 0 amide bonds. The Morgan fingerprint density at radius 1 is 1.06 bits per heavy atom. The van der Waals surface area contributed by atoms with Crippen molar-refractivity contribution in [3.05, 3.63) is 85.8 Å². The Morgan fingerprint density at radius 3 is 2.58 bits per heavy atom. The van der Waals surface area contributed by atoms with Crippen LogP contribution >= 0.6 is 47.0 Å². The van der Waals surface area contributed by atoms with E-state index in [0.29, 0.717) is 43.7 Å². The van der Waals surface area contributed by atoms with Crippen LogP contribution in [0.4, 0.5) is 0 Å². The van der Waals surface area contributed by atoms with Gasteiger partial charge in [-0.05, 0) is 54.2 Å². The van der Waals surface area contributed by atoms with Gasteiger partial charge in [-0.15, -0.1) is 0 Å². The summed E-state index contributed by atoms with van der Waals surface area (Å²) in [5.74, 6) is 1.56. The molecule has 170 valence electrons. The van der Waals surface area contributed by atoms with E-state index in [0.717, 1.165) is 16.7 Å². The zero-order valence-electron chi connectivity index (χ0n) is 17.3. The van der Waals surface area contributed by atoms with Crippen molar-refractivity contribution in [2.75, 3.05) is 12.5 Å². The molecule has 11 heteroatoms. The number of benzene rings is 2. The highest BCUT2D eigenvalue weighted by Gasteiger charge is 2.14. The van der Waals surface area contributed by atoms with E-state index in [1.54, 1.807) is 48.4 Å². The highest BCUT2D eigenvalue weighted by atomic mass is 35.5. The van der Waals surface area contributed by atoms with Gasteiger partial charge in [0.05, 0.1) is 18.7 Å². The quantitative estimate of drug-likeness (QED) is 0.265. The number of ether oxygens (including phenoxy) is 2. The first-order valence-electron chi connectivity index (χ1n) is 9.71. The molecule has 0 saturated carbocycles. The molecule has 0 radical (unpaired) electrons. The predicted molar refractivity (Wildman–Crippen MR) is 133 cm³/mol. The van der Waals surface area contributed by atoms with Gasteiger partial charge < -0.3 is 14.9 Å². The molecular weight excluding hydrogens is 505 g/mol. The van der Waals surface area contributed by atoms with Gasteiger partial charge in [-0.3, -0.25) is 4.98 Å². The summed E-state index contributed by atoms with van der Waals surface area (Å²) in [6.45, 7) is 0.619. The summed E-state index contributed by atoms with van der Waals surface area (Å²) >= 11 is 24.1. The fourth-order valence-electron chi connectivity index (χ4n) is 3.11. The average molecular weight is 523 g/mol. The molecule has 0 unspecified atom stereocenters. The molecule has 0 bridgehead atoms. The molecular formula is C22H18Cl3N5O2S. The van der Waals surface area contributed by atoms with Gasteiger partial charge in [-0.1, -0.05) is 40.9 Å². The molecule has 2 N–H and O–H groups in total. The van der Waals surface area contributed by atoms with Crippen LogP contribution in [-0.2, 0) is 13.2 Å². The van der Waals surface area contributed by atoms with Gasteiger partial charge in [0, 0.05) is 33.6 Å². The predicted octanol–water partition coefficient (Wildman–Crippen LogP) is 6.29. The van der Waals surface area contributed by atoms with Gasteiger partial charge in [-0.2, -0.15) is 5.10 Å². The summed E-state index contributed by atoms with van der Waals surface area (Å²) in [5, 5.41) is 8.57. The SMILES string of the molecule is COc1cc(CNn2c(-c3ccncc3)n[nH]c2=S)cc(Cl)c1OCc1ccc(Cl)cc1Cl. The van der Waals surface area contributed by atoms with Crippen molar-refractivity contribution in [2.24, 2.45) is 0 Å². The summed E-state index contributed by atoms with van der Waals surface area (Å²) in [6, 6.07) is 12.6. The third kappa shape index (κ3) is 5.42. The molecule has 4 aromatic rings. The van der Waals surface area contributed by atoms with E-state index in [9.17, 15) is 0 Å². The van der Waals surface area contributed by atoms with Crippen LogP contribution in [0, 0.1) is 4.77 Å². The maximum absolute atomic E-state index is 6.52. The molecule has 33 heavy (non-hydrogen) atoms. The number of aromatic amines is 1. The van der Waals surface area contributed by atoms with E-state index < -0.39 is 0 Å². The molecule has 7 nitrogen and oxygen atoms in total. The van der Waals surface area contributed by atoms with Crippen molar-refractivity contribution in [3.8, 4) is 22.9 Å². The van der Waals surface area contributed by atoms with Crippen molar-refractivity contribution in [1.29, 1.82) is 0 Å². The van der Waals surface area contributed by atoms with E-state index >= 15 is 0 Å². The minimum absolute atomic E-state index is 0.211. The van der Waals surface area contributed by atoms with E-state index in [-0.39, 0.29) is 6.61 Å². The molecule has 2 heterocycles. The number of hydrogen-bond acceptors (Lipinski definition) is 6. The number of pyridine rings is 1. The molecule has 0 atom stereocenters. The van der Waals surface area contributed by atoms with Gasteiger partial charge in [0.2, 0.25) is 4.77 Å². The van der Waals surface area contributed by atoms with Crippen LogP contribution in [0.1, 0.15) is 11.1 Å². The highest BCUT2D eigenvalue weighted by Crippen LogP contribution is 2.37. The number of rotatable bonds is 8. The monoisotopic (exact) mass is 521 g/mol. The maximum atomic E-state index is 6.52. The number of methoxy groups -OCH3 is 1. The fraction of sp³-hybridized carbons (Fsp3) is 0.136. The van der Waals surface area contributed by atoms with Crippen molar-refractivity contribution in [2.45, 2.75) is 13.2 Å². The first-order valence-corrected chi connectivity index (χ1v) is 11.3. The molecule has 0 saturated heterocycles. The van der Waals surface area contributed by atoms with Crippen LogP contribution in [0.5, 0.6) is 11.5 Å². The molecule has 0 fully saturated rings. The fourth-order valence-corrected chi connectivity index (χ4v) is 4.06. The van der Waals surface area contributed by atoms with Crippen LogP contribution in [0.3, 0.4) is 0 Å². The Bertz CT molecular complexity index is 1330. The number of hydrogen-bond donors (Lipinski definition) is 2. The van der Waals surface area contributed by atoms with E-state index in [4.69, 9.17) is 56.5 Å². The van der Waals surface area contributed by atoms with Gasteiger partial charge >= 0.3 is 0 Å². The molecule has 0 spiro atoms. The van der Waals surface area contributed by atoms with Crippen molar-refractivity contribution < 1.29 is 9.47 Å². The molecule has 4 rings (SSSR count). The normalized spacial score (nSPS) is 10.8. The highest BCUT2D eigenvalue weighted by molar-refractivity contribution is 7.71. The first-order chi connectivity index (χ1) is 16.0. The topological polar surface area (TPSA) is 77.0 Å². The zero-order chi connectivity index (χ0) is 23.4. The number of halogens is 3. The Labute approximate surface area is 210 Å². The minimum Gasteiger partial charge on any atom is -0.493 e. The lowest BCUT2D eigenvalue weighted by molar-refractivity contribution is 0.284. The average Bonchev–Trinajstić information content (AvgIpc) is 3.18. The Hall–Kier alpha value is -2.78. The Balaban J connectivity index is 1.52. The van der Waals surface area contributed by atoms with Crippen LogP contribution in [0.15, 0.2) is 54.9 Å². The number of aromatic nitrogens is 4. The van der Waals surface area contributed by atoms with Crippen LogP contribution < -0.4 is 14.9 Å². The molecule has 0 aliphatic heterocycles. The van der Waals surface area contributed by atoms with E-state index in [1.165, 1.54) is 0 Å². The lowest BCUT2D eigenvalue weighted by Crippen LogP contribution is -2.16. The Kier molecular flexibility index (Phi) is 7.39. The largest absolute Gasteiger partial charge is 0.493 e. The second-order valence-electron chi connectivity index (χ2n) is 6.89. The number of H-pyrrole nitrogens is 1. The van der Waals surface area contributed by atoms with Gasteiger partial charge in [-0.25, -0.2) is 9.77 Å². The van der Waals surface area contributed by atoms with Gasteiger partial charge in [0.15, 0.2) is 17.3 Å². The Morgan fingerprint density at radius 2 is 1.85 bits per heavy atom. The van der Waals surface area contributed by atoms with Crippen molar-refractivity contribution in [3.63, 3.8) is 0 Å². The lowest BCUT2D eigenvalue weighted by Gasteiger charge is -2.16. The molecule has 0 aliphatic rings. The van der Waals surface area contributed by atoms with Crippen LogP contribution in [0.25, 0.3) is 11.4 Å². The zero-order valence-corrected chi connectivity index (χ0v) is 20.4. The molecule has 2 aromatic heterocycles. The van der Waals surface area contributed by atoms with Crippen LogP contribution in [0.2, 0.25) is 15.1 Å².